The van der Waals surface area contributed by atoms with Gasteiger partial charge >= 0.3 is 0 Å². The van der Waals surface area contributed by atoms with Gasteiger partial charge in [-0.2, -0.15) is 0 Å². The molecule has 0 radical (unpaired) electrons. The summed E-state index contributed by atoms with van der Waals surface area (Å²) in [7, 11) is 0. The van der Waals surface area contributed by atoms with Gasteiger partial charge < -0.3 is 0 Å². The van der Waals surface area contributed by atoms with Crippen molar-refractivity contribution in [2.45, 2.75) is 51.4 Å². The minimum Gasteiger partial charge on any atom is -0.254 e. The van der Waals surface area contributed by atoms with Crippen molar-refractivity contribution in [3.05, 3.63) is 154 Å². The smallest absolute Gasteiger partial charge is 0.0935 e. The molecule has 12 rings (SSSR count). The molecule has 0 saturated heterocycles. The maximum Gasteiger partial charge on any atom is 0.0935 e. The first-order valence-corrected chi connectivity index (χ1v) is 19.2. The minimum atomic E-state index is 0.948. The van der Waals surface area contributed by atoms with Gasteiger partial charge in [0.1, 0.15) is 0 Å². The second-order valence-corrected chi connectivity index (χ2v) is 15.1. The molecule has 8 aromatic rings. The van der Waals surface area contributed by atoms with E-state index < -0.39 is 0 Å². The molecular weight excluding hydrogens is 661 g/mol. The third-order valence-corrected chi connectivity index (χ3v) is 12.3. The van der Waals surface area contributed by atoms with E-state index in [2.05, 4.69) is 60.7 Å². The highest BCUT2D eigenvalue weighted by Crippen LogP contribution is 2.47. The van der Waals surface area contributed by atoms with Gasteiger partial charge in [0.25, 0.3) is 0 Å². The van der Waals surface area contributed by atoms with E-state index in [1.807, 2.05) is 49.1 Å². The van der Waals surface area contributed by atoms with E-state index in [1.165, 1.54) is 77.5 Å². The molecule has 0 fully saturated rings. The summed E-state index contributed by atoms with van der Waals surface area (Å²) in [6.45, 7) is 0. The van der Waals surface area contributed by atoms with Gasteiger partial charge in [-0.3, -0.25) is 19.9 Å². The average Bonchev–Trinajstić information content (AvgIpc) is 3.24. The summed E-state index contributed by atoms with van der Waals surface area (Å²) in [5.74, 6) is 0. The molecule has 6 heteroatoms. The zero-order valence-corrected chi connectivity index (χ0v) is 29.7. The normalized spacial score (nSPS) is 14.4. The quantitative estimate of drug-likeness (QED) is 0.179. The molecule has 6 heterocycles. The standard InChI is InChI=1S/C48H34N6/c1-5-27-13-17-35-39(36-18-14-28-6-2-22-50-42(28)46(36)53-45(35)41(27)49-21-1)33-11-9-32-26-34(12-10-31(32)25-33)40-37-19-15-29-7-3-23-51-43(29)47(37)54-48-38(40)20-16-30-8-4-24-52-44(30)48/h1-12,21-26H,13-20H2. The van der Waals surface area contributed by atoms with Crippen LogP contribution < -0.4 is 0 Å². The van der Waals surface area contributed by atoms with E-state index in [0.29, 0.717) is 0 Å². The van der Waals surface area contributed by atoms with Crippen molar-refractivity contribution in [3.63, 3.8) is 0 Å². The Morgan fingerprint density at radius 3 is 0.944 bits per heavy atom. The van der Waals surface area contributed by atoms with Gasteiger partial charge in [0.05, 0.1) is 45.6 Å². The van der Waals surface area contributed by atoms with Crippen LogP contribution in [0.2, 0.25) is 0 Å². The summed E-state index contributed by atoms with van der Waals surface area (Å²) < 4.78 is 0. The van der Waals surface area contributed by atoms with Crippen molar-refractivity contribution >= 4 is 10.8 Å². The third-order valence-electron chi connectivity index (χ3n) is 12.3. The fraction of sp³-hybridized carbons (Fsp3) is 0.167. The number of pyridine rings is 6. The van der Waals surface area contributed by atoms with E-state index in [-0.39, 0.29) is 0 Å². The van der Waals surface area contributed by atoms with Crippen LogP contribution in [-0.2, 0) is 51.4 Å². The molecule has 0 amide bonds. The zero-order valence-electron chi connectivity index (χ0n) is 29.7. The fourth-order valence-electron chi connectivity index (χ4n) is 9.80. The number of aryl methyl sites for hydroxylation is 4. The van der Waals surface area contributed by atoms with Crippen LogP contribution in [0.5, 0.6) is 0 Å². The van der Waals surface area contributed by atoms with Crippen molar-refractivity contribution in [1.29, 1.82) is 0 Å². The number of rotatable bonds is 2. The Morgan fingerprint density at radius 1 is 0.315 bits per heavy atom. The topological polar surface area (TPSA) is 77.3 Å². The van der Waals surface area contributed by atoms with Crippen molar-refractivity contribution < 1.29 is 0 Å². The number of benzene rings is 2. The van der Waals surface area contributed by atoms with Crippen LogP contribution in [0.4, 0.5) is 0 Å². The van der Waals surface area contributed by atoms with Crippen molar-refractivity contribution in [2.75, 3.05) is 0 Å². The molecule has 6 nitrogen and oxygen atoms in total. The lowest BCUT2D eigenvalue weighted by Gasteiger charge is -2.28. The van der Waals surface area contributed by atoms with Crippen LogP contribution in [0.3, 0.4) is 0 Å². The minimum absolute atomic E-state index is 0.948. The van der Waals surface area contributed by atoms with Gasteiger partial charge in [-0.25, -0.2) is 9.97 Å². The van der Waals surface area contributed by atoms with Crippen LogP contribution in [0, 0.1) is 0 Å². The molecule has 0 N–H and O–H groups in total. The second kappa shape index (κ2) is 11.5. The van der Waals surface area contributed by atoms with E-state index in [0.717, 1.165) is 96.9 Å². The van der Waals surface area contributed by atoms with Gasteiger partial charge in [0.15, 0.2) is 0 Å². The summed E-state index contributed by atoms with van der Waals surface area (Å²) >= 11 is 0. The summed E-state index contributed by atoms with van der Waals surface area (Å²) in [6, 6.07) is 31.1. The van der Waals surface area contributed by atoms with E-state index in [9.17, 15) is 0 Å². The van der Waals surface area contributed by atoms with E-state index in [4.69, 9.17) is 29.9 Å². The molecular formula is C48H34N6. The molecule has 256 valence electrons. The first kappa shape index (κ1) is 30.1. The molecule has 4 aliphatic rings. The van der Waals surface area contributed by atoms with E-state index >= 15 is 0 Å². The highest BCUT2D eigenvalue weighted by molar-refractivity contribution is 5.96. The number of hydrogen-bond donors (Lipinski definition) is 0. The van der Waals surface area contributed by atoms with Crippen molar-refractivity contribution in [2.24, 2.45) is 0 Å². The lowest BCUT2D eigenvalue weighted by molar-refractivity contribution is 0.877. The van der Waals surface area contributed by atoms with Crippen LogP contribution in [0.1, 0.15) is 44.5 Å². The van der Waals surface area contributed by atoms with Gasteiger partial charge in [0, 0.05) is 24.8 Å². The molecule has 0 atom stereocenters. The zero-order chi connectivity index (χ0) is 35.3. The van der Waals surface area contributed by atoms with Gasteiger partial charge in [0.2, 0.25) is 0 Å². The van der Waals surface area contributed by atoms with Crippen LogP contribution in [0.15, 0.2) is 110 Å². The fourth-order valence-corrected chi connectivity index (χ4v) is 9.80. The Morgan fingerprint density at radius 2 is 0.630 bits per heavy atom. The molecule has 2 aromatic carbocycles. The first-order chi connectivity index (χ1) is 26.8. The summed E-state index contributed by atoms with van der Waals surface area (Å²) in [5.41, 5.74) is 23.6. The highest BCUT2D eigenvalue weighted by atomic mass is 14.9. The third kappa shape index (κ3) is 4.40. The van der Waals surface area contributed by atoms with Crippen LogP contribution in [-0.4, -0.2) is 29.9 Å². The Bertz CT molecular complexity index is 2560. The summed E-state index contributed by atoms with van der Waals surface area (Å²) in [4.78, 5) is 30.3. The van der Waals surface area contributed by atoms with Gasteiger partial charge in [-0.1, -0.05) is 48.5 Å². The van der Waals surface area contributed by atoms with Gasteiger partial charge in [-0.05, 0) is 165 Å². The predicted octanol–water partition coefficient (Wildman–Crippen LogP) is 9.61. The maximum absolute atomic E-state index is 5.39. The first-order valence-electron chi connectivity index (χ1n) is 19.2. The molecule has 0 aliphatic heterocycles. The van der Waals surface area contributed by atoms with Gasteiger partial charge in [-0.15, -0.1) is 0 Å². The average molecular weight is 695 g/mol. The Labute approximate surface area is 313 Å². The molecule has 6 aromatic heterocycles. The molecule has 0 bridgehead atoms. The number of fused-ring (bicyclic) bond motifs is 13. The lowest BCUT2D eigenvalue weighted by Crippen LogP contribution is -2.16. The number of hydrogen-bond acceptors (Lipinski definition) is 6. The molecule has 0 unspecified atom stereocenters. The van der Waals surface area contributed by atoms with Crippen molar-refractivity contribution in [3.8, 4) is 67.8 Å². The van der Waals surface area contributed by atoms with Crippen molar-refractivity contribution in [1.82, 2.24) is 29.9 Å². The Balaban J connectivity index is 1.05. The van der Waals surface area contributed by atoms with E-state index in [1.54, 1.807) is 0 Å². The monoisotopic (exact) mass is 694 g/mol. The molecule has 4 aliphatic carbocycles. The van der Waals surface area contributed by atoms with Crippen LogP contribution >= 0.6 is 0 Å². The molecule has 0 saturated carbocycles. The summed E-state index contributed by atoms with van der Waals surface area (Å²) in [6.07, 6.45) is 15.3. The highest BCUT2D eigenvalue weighted by Gasteiger charge is 2.32. The number of nitrogens with zero attached hydrogens (tertiary/aromatic N) is 6. The second-order valence-electron chi connectivity index (χ2n) is 15.1. The summed E-state index contributed by atoms with van der Waals surface area (Å²) in [5, 5.41) is 2.46. The number of aromatic nitrogens is 6. The Hall–Kier alpha value is -6.40. The largest absolute Gasteiger partial charge is 0.254 e. The SMILES string of the molecule is c1cnc2c(c1)CCc1c-2nc2c(c1-c1ccc3cc(-c4c5c(nc6c4CCc4cccnc4-6)-c4ncccc4CC5)ccc3c1)CCc1cccnc1-2. The molecule has 0 spiro atoms. The van der Waals surface area contributed by atoms with Crippen LogP contribution in [0.25, 0.3) is 78.6 Å². The Kier molecular flexibility index (Phi) is 6.44. The molecule has 54 heavy (non-hydrogen) atoms. The predicted molar refractivity (Wildman–Crippen MR) is 213 cm³/mol. The lowest BCUT2D eigenvalue weighted by atomic mass is 9.79. The maximum atomic E-state index is 5.39.